The van der Waals surface area contributed by atoms with Crippen LogP contribution in [-0.2, 0) is 21.6 Å². The first-order valence-electron chi connectivity index (χ1n) is 11.2. The van der Waals surface area contributed by atoms with E-state index in [1.165, 1.54) is 6.33 Å². The fourth-order valence-corrected chi connectivity index (χ4v) is 5.18. The lowest BCUT2D eigenvalue weighted by atomic mass is 9.91. The van der Waals surface area contributed by atoms with Gasteiger partial charge in [0.2, 0.25) is 0 Å². The largest absolute Gasteiger partial charge is 0.834 e. The first kappa shape index (κ1) is 20.8. The van der Waals surface area contributed by atoms with Gasteiger partial charge in [-0.15, -0.1) is 0 Å². The van der Waals surface area contributed by atoms with Crippen LogP contribution < -0.4 is 5.11 Å². The lowest BCUT2D eigenvalue weighted by molar-refractivity contribution is -0.916. The van der Waals surface area contributed by atoms with E-state index in [2.05, 4.69) is 17.0 Å². The zero-order chi connectivity index (χ0) is 22.2. The number of fused-ring (bicyclic) bond motifs is 3. The fraction of sp³-hybridized carbons (Fsp3) is 0.346. The summed E-state index contributed by atoms with van der Waals surface area (Å²) in [4.78, 5) is 21.6. The maximum absolute atomic E-state index is 14.1. The van der Waals surface area contributed by atoms with Crippen LogP contribution in [0.15, 0.2) is 67.3 Å². The van der Waals surface area contributed by atoms with Gasteiger partial charge in [-0.2, -0.15) is 0 Å². The number of rotatable bonds is 5. The van der Waals surface area contributed by atoms with Crippen molar-refractivity contribution in [1.29, 1.82) is 0 Å². The number of likely N-dealkylation sites (tertiary alicyclic amines) is 1. The molecule has 0 bridgehead atoms. The Labute approximate surface area is 188 Å². The van der Waals surface area contributed by atoms with E-state index >= 15 is 0 Å². The molecule has 2 atom stereocenters. The highest BCUT2D eigenvalue weighted by Crippen LogP contribution is 2.46. The number of esters is 1. The molecule has 2 aromatic carbocycles. The van der Waals surface area contributed by atoms with Crippen LogP contribution in [0.25, 0.3) is 11.1 Å². The quantitative estimate of drug-likeness (QED) is 0.460. The number of aromatic nitrogens is 2. The van der Waals surface area contributed by atoms with Crippen LogP contribution in [-0.4, -0.2) is 53.2 Å². The second kappa shape index (κ2) is 8.11. The summed E-state index contributed by atoms with van der Waals surface area (Å²) in [5.74, 6) is -0.690. The molecule has 1 fully saturated rings. The van der Waals surface area contributed by atoms with Gasteiger partial charge in [0.15, 0.2) is 6.10 Å². The summed E-state index contributed by atoms with van der Waals surface area (Å²) in [7, 11) is 2.19. The molecular formula is C26H27N3O3. The number of carbonyl (C=O) groups is 1. The molecule has 0 spiro atoms. The van der Waals surface area contributed by atoms with Crippen molar-refractivity contribution in [2.75, 3.05) is 26.7 Å². The Bertz CT molecular complexity index is 1090. The molecular weight excluding hydrogens is 402 g/mol. The van der Waals surface area contributed by atoms with Gasteiger partial charge in [-0.1, -0.05) is 48.5 Å². The molecule has 1 aromatic heterocycles. The minimum Gasteiger partial charge on any atom is -0.834 e. The summed E-state index contributed by atoms with van der Waals surface area (Å²) >= 11 is 0. The Kier molecular flexibility index (Phi) is 5.27. The van der Waals surface area contributed by atoms with Gasteiger partial charge in [-0.3, -0.25) is 4.79 Å². The normalized spacial score (nSPS) is 23.2. The molecule has 5 rings (SSSR count). The zero-order valence-corrected chi connectivity index (χ0v) is 18.2. The van der Waals surface area contributed by atoms with Gasteiger partial charge >= 0.3 is 5.97 Å². The predicted molar refractivity (Wildman–Crippen MR) is 118 cm³/mol. The molecule has 0 saturated carbocycles. The van der Waals surface area contributed by atoms with Gasteiger partial charge in [0.25, 0.3) is 0 Å². The van der Waals surface area contributed by atoms with Gasteiger partial charge in [0, 0.05) is 30.8 Å². The van der Waals surface area contributed by atoms with Gasteiger partial charge in [-0.25, -0.2) is 9.97 Å². The highest BCUT2D eigenvalue weighted by atomic mass is 16.6. The highest BCUT2D eigenvalue weighted by molar-refractivity contribution is 5.95. The molecule has 0 amide bonds. The molecule has 1 saturated heterocycles. The average molecular weight is 430 g/mol. The van der Waals surface area contributed by atoms with Crippen LogP contribution in [0.4, 0.5) is 0 Å². The third kappa shape index (κ3) is 3.59. The van der Waals surface area contributed by atoms with Crippen LogP contribution in [0, 0.1) is 0 Å². The Morgan fingerprint density at radius 1 is 1.09 bits per heavy atom. The standard InChI is InChI=1S/C26H27N3O3/c1-29(14-12-19-15-27-18-28-16-19)13-6-7-20(17-29)32-25(30)26(31)23-10-4-2-8-21(23)22-9-3-5-11-24(22)26/h2-5,8-11,15-16,18,20H,6-7,12-14,17H2,1H3/t20?,29-/m1/s1. The molecule has 1 unspecified atom stereocenters. The minimum atomic E-state index is -2.02. The van der Waals surface area contributed by atoms with E-state index in [1.54, 1.807) is 12.1 Å². The second-order valence-electron chi connectivity index (χ2n) is 9.19. The Morgan fingerprint density at radius 2 is 1.72 bits per heavy atom. The Morgan fingerprint density at radius 3 is 2.38 bits per heavy atom. The van der Waals surface area contributed by atoms with Gasteiger partial charge in [0.05, 0.1) is 20.1 Å². The van der Waals surface area contributed by atoms with Crippen molar-refractivity contribution in [2.24, 2.45) is 0 Å². The Hall–Kier alpha value is -3.09. The van der Waals surface area contributed by atoms with E-state index in [0.29, 0.717) is 17.7 Å². The molecule has 2 heterocycles. The first-order chi connectivity index (χ1) is 15.5. The van der Waals surface area contributed by atoms with Crippen molar-refractivity contribution >= 4 is 5.97 Å². The molecule has 2 aliphatic rings. The lowest BCUT2D eigenvalue weighted by Crippen LogP contribution is -2.56. The van der Waals surface area contributed by atoms with Crippen molar-refractivity contribution in [3.8, 4) is 11.1 Å². The number of ether oxygens (including phenoxy) is 1. The molecule has 3 aromatic rings. The lowest BCUT2D eigenvalue weighted by Gasteiger charge is -2.43. The maximum Gasteiger partial charge on any atom is 0.304 e. The highest BCUT2D eigenvalue weighted by Gasteiger charge is 2.43. The fourth-order valence-electron chi connectivity index (χ4n) is 5.18. The number of quaternary nitrogens is 1. The summed E-state index contributed by atoms with van der Waals surface area (Å²) < 4.78 is 6.75. The van der Waals surface area contributed by atoms with E-state index in [4.69, 9.17) is 4.74 Å². The first-order valence-corrected chi connectivity index (χ1v) is 11.2. The van der Waals surface area contributed by atoms with Gasteiger partial charge in [0.1, 0.15) is 12.9 Å². The second-order valence-corrected chi connectivity index (χ2v) is 9.19. The molecule has 0 radical (unpaired) electrons. The number of piperidine rings is 1. The zero-order valence-electron chi connectivity index (χ0n) is 18.2. The van der Waals surface area contributed by atoms with Crippen molar-refractivity contribution in [1.82, 2.24) is 9.97 Å². The third-order valence-electron chi connectivity index (χ3n) is 6.89. The predicted octanol–water partition coefficient (Wildman–Crippen LogP) is 2.46. The summed E-state index contributed by atoms with van der Waals surface area (Å²) in [6, 6.07) is 14.7. The smallest absolute Gasteiger partial charge is 0.304 e. The van der Waals surface area contributed by atoms with Gasteiger partial charge < -0.3 is 14.3 Å². The molecule has 1 aliphatic carbocycles. The molecule has 0 N–H and O–H groups in total. The third-order valence-corrected chi connectivity index (χ3v) is 6.89. The SMILES string of the molecule is C[N@+]1(CCc2cncnc2)CCCC(OC(=O)C2([O-])c3ccccc3-c3ccccc32)C1. The van der Waals surface area contributed by atoms with E-state index in [-0.39, 0.29) is 6.10 Å². The molecule has 32 heavy (non-hydrogen) atoms. The minimum absolute atomic E-state index is 0.265. The van der Waals surface area contributed by atoms with Crippen molar-refractivity contribution < 1.29 is 19.1 Å². The number of hydrogen-bond acceptors (Lipinski definition) is 5. The molecule has 6 nitrogen and oxygen atoms in total. The molecule has 6 heteroatoms. The maximum atomic E-state index is 14.1. The van der Waals surface area contributed by atoms with Crippen molar-refractivity contribution in [3.05, 3.63) is 83.9 Å². The number of likely N-dealkylation sites (N-methyl/N-ethyl adjacent to an activating group) is 1. The van der Waals surface area contributed by atoms with Crippen LogP contribution in [0.5, 0.6) is 0 Å². The Balaban J connectivity index is 1.34. The van der Waals surface area contributed by atoms with Gasteiger partial charge in [-0.05, 0) is 34.2 Å². The topological polar surface area (TPSA) is 75.1 Å². The number of benzene rings is 2. The summed E-state index contributed by atoms with van der Waals surface area (Å²) in [6.07, 6.45) is 7.57. The van der Waals surface area contributed by atoms with E-state index < -0.39 is 11.6 Å². The summed E-state index contributed by atoms with van der Waals surface area (Å²) in [5.41, 5.74) is 1.71. The van der Waals surface area contributed by atoms with E-state index in [9.17, 15) is 9.90 Å². The van der Waals surface area contributed by atoms with Crippen LogP contribution >= 0.6 is 0 Å². The van der Waals surface area contributed by atoms with Crippen molar-refractivity contribution in [2.45, 2.75) is 31.0 Å². The molecule has 1 aliphatic heterocycles. The summed E-state index contributed by atoms with van der Waals surface area (Å²) in [6.45, 7) is 2.64. The van der Waals surface area contributed by atoms with Crippen LogP contribution in [0.2, 0.25) is 0 Å². The van der Waals surface area contributed by atoms with E-state index in [0.717, 1.165) is 53.5 Å². The van der Waals surface area contributed by atoms with Crippen molar-refractivity contribution in [3.63, 3.8) is 0 Å². The monoisotopic (exact) mass is 429 g/mol. The summed E-state index contributed by atoms with van der Waals surface area (Å²) in [5, 5.41) is 14.1. The number of carbonyl (C=O) groups excluding carboxylic acids is 1. The number of nitrogens with zero attached hydrogens (tertiary/aromatic N) is 3. The van der Waals surface area contributed by atoms with Crippen LogP contribution in [0.1, 0.15) is 29.5 Å². The van der Waals surface area contributed by atoms with Crippen LogP contribution in [0.3, 0.4) is 0 Å². The van der Waals surface area contributed by atoms with E-state index in [1.807, 2.05) is 48.8 Å². The number of hydrogen-bond donors (Lipinski definition) is 0. The molecule has 164 valence electrons. The average Bonchev–Trinajstić information content (AvgIpc) is 3.09.